The second kappa shape index (κ2) is 9.79. The summed E-state index contributed by atoms with van der Waals surface area (Å²) < 4.78 is 25.7. The Morgan fingerprint density at radius 1 is 1.08 bits per heavy atom. The topological polar surface area (TPSA) is 87.6 Å². The molecule has 1 aromatic rings. The van der Waals surface area contributed by atoms with Gasteiger partial charge in [0.15, 0.2) is 0 Å². The molecule has 6 heteroatoms. The van der Waals surface area contributed by atoms with Crippen molar-refractivity contribution in [3.63, 3.8) is 0 Å². The van der Waals surface area contributed by atoms with E-state index in [1.165, 1.54) is 37.8 Å². The van der Waals surface area contributed by atoms with E-state index in [0.29, 0.717) is 18.8 Å². The highest BCUT2D eigenvalue weighted by molar-refractivity contribution is 8.08. The Balaban J connectivity index is 1.99. The predicted molar refractivity (Wildman–Crippen MR) is 103 cm³/mol. The Morgan fingerprint density at radius 2 is 1.73 bits per heavy atom. The minimum absolute atomic E-state index is 0.216. The van der Waals surface area contributed by atoms with Gasteiger partial charge in [0.25, 0.3) is 15.6 Å². The molecular formula is C20H28N2O3S. The van der Waals surface area contributed by atoms with Crippen LogP contribution in [0.1, 0.15) is 75.1 Å². The number of sulfone groups is 1. The molecule has 2 rings (SSSR count). The third-order valence-electron chi connectivity index (χ3n) is 5.29. The number of hydrogen-bond donors (Lipinski definition) is 0. The molecule has 1 aliphatic carbocycles. The summed E-state index contributed by atoms with van der Waals surface area (Å²) in [5.41, 5.74) is 9.45. The number of rotatable bonds is 8. The van der Waals surface area contributed by atoms with Crippen LogP contribution in [0.15, 0.2) is 30.3 Å². The predicted octanol–water partition coefficient (Wildman–Crippen LogP) is 4.44. The number of carbonyl (C=O) groups is 1. The molecule has 1 aliphatic rings. The van der Waals surface area contributed by atoms with E-state index in [-0.39, 0.29) is 5.56 Å². The highest BCUT2D eigenvalue weighted by Gasteiger charge is 2.43. The maximum absolute atomic E-state index is 12.8. The molecule has 0 heterocycles. The Labute approximate surface area is 156 Å². The van der Waals surface area contributed by atoms with Crippen LogP contribution in [-0.4, -0.2) is 29.3 Å². The first kappa shape index (κ1) is 20.5. The zero-order valence-corrected chi connectivity index (χ0v) is 16.2. The number of carbonyl (C=O) groups excluding carboxylic acids is 1. The molecule has 1 saturated carbocycles. The van der Waals surface area contributed by atoms with E-state index in [2.05, 4.69) is 11.7 Å². The molecule has 0 unspecified atom stereocenters. The standard InChI is InChI=1S/C20H28N2O3S/c1-2-3-4-6-9-16-12-14-18(15-13-16)26(24,25)20(22-21)19(23)17-10-7-5-8-11-17/h5,7-8,10-11,16,18H,2-4,6,9,12-15H2,1H3. The van der Waals surface area contributed by atoms with Crippen molar-refractivity contribution in [3.8, 4) is 0 Å². The summed E-state index contributed by atoms with van der Waals surface area (Å²) in [7, 11) is -3.92. The Bertz CT molecular complexity index is 745. The van der Waals surface area contributed by atoms with Gasteiger partial charge in [-0.3, -0.25) is 4.79 Å². The smallest absolute Gasteiger partial charge is 0.360 e. The summed E-state index contributed by atoms with van der Waals surface area (Å²) in [4.78, 5) is 15.3. The van der Waals surface area contributed by atoms with Gasteiger partial charge in [0.2, 0.25) is 0 Å². The number of benzene rings is 1. The third-order valence-corrected chi connectivity index (χ3v) is 7.44. The van der Waals surface area contributed by atoms with Crippen LogP contribution in [0.25, 0.3) is 5.53 Å². The van der Waals surface area contributed by atoms with Gasteiger partial charge < -0.3 is 5.53 Å². The SMILES string of the molecule is CCCCCCC1CCC(S(=O)(=O)C(=[N+]=[N-])C(=O)c2ccccc2)CC1. The molecule has 26 heavy (non-hydrogen) atoms. The minimum atomic E-state index is -3.92. The maximum atomic E-state index is 12.8. The van der Waals surface area contributed by atoms with Crippen LogP contribution >= 0.6 is 0 Å². The summed E-state index contributed by atoms with van der Waals surface area (Å²) >= 11 is 0. The fourth-order valence-corrected chi connectivity index (χ4v) is 5.39. The first-order chi connectivity index (χ1) is 12.5. The van der Waals surface area contributed by atoms with Gasteiger partial charge in [-0.05, 0) is 31.6 Å². The first-order valence-corrected chi connectivity index (χ1v) is 11.1. The normalized spacial score (nSPS) is 20.3. The molecule has 0 atom stereocenters. The second-order valence-electron chi connectivity index (χ2n) is 7.14. The van der Waals surface area contributed by atoms with E-state index in [0.717, 1.165) is 19.3 Å². The fourth-order valence-electron chi connectivity index (χ4n) is 3.69. The van der Waals surface area contributed by atoms with Crippen molar-refractivity contribution in [3.05, 3.63) is 41.4 Å². The fraction of sp³-hybridized carbons (Fsp3) is 0.600. The van der Waals surface area contributed by atoms with Crippen molar-refractivity contribution in [1.82, 2.24) is 0 Å². The van der Waals surface area contributed by atoms with Crippen molar-refractivity contribution in [2.75, 3.05) is 0 Å². The van der Waals surface area contributed by atoms with Crippen LogP contribution in [0.2, 0.25) is 0 Å². The van der Waals surface area contributed by atoms with Crippen LogP contribution < -0.4 is 0 Å². The molecule has 142 valence electrons. The molecular weight excluding hydrogens is 348 g/mol. The van der Waals surface area contributed by atoms with Gasteiger partial charge in [0, 0.05) is 5.56 Å². The summed E-state index contributed by atoms with van der Waals surface area (Å²) in [5.74, 6) is -0.174. The van der Waals surface area contributed by atoms with Crippen LogP contribution in [0, 0.1) is 5.92 Å². The lowest BCUT2D eigenvalue weighted by Gasteiger charge is -2.27. The van der Waals surface area contributed by atoms with Crippen LogP contribution in [-0.2, 0) is 9.84 Å². The molecule has 0 spiro atoms. The Morgan fingerprint density at radius 3 is 2.31 bits per heavy atom. The van der Waals surface area contributed by atoms with Crippen molar-refractivity contribution < 1.29 is 18.0 Å². The Kier molecular flexibility index (Phi) is 7.73. The zero-order chi connectivity index (χ0) is 19.0. The molecule has 0 aromatic heterocycles. The third kappa shape index (κ3) is 5.12. The number of unbranched alkanes of at least 4 members (excludes halogenated alkanes) is 3. The van der Waals surface area contributed by atoms with E-state index in [1.807, 2.05) is 0 Å². The minimum Gasteiger partial charge on any atom is -0.360 e. The van der Waals surface area contributed by atoms with Gasteiger partial charge >= 0.3 is 5.04 Å². The van der Waals surface area contributed by atoms with E-state index in [9.17, 15) is 18.7 Å². The number of Topliss-reactive ketones (excluding diaryl/α,β-unsaturated/α-hetero) is 1. The molecule has 0 saturated heterocycles. The highest BCUT2D eigenvalue weighted by atomic mass is 32.2. The van der Waals surface area contributed by atoms with Crippen LogP contribution in [0.5, 0.6) is 0 Å². The molecule has 0 amide bonds. The molecule has 1 aromatic carbocycles. The van der Waals surface area contributed by atoms with Gasteiger partial charge in [-0.2, -0.15) is 0 Å². The number of nitrogens with zero attached hydrogens (tertiary/aromatic N) is 2. The molecule has 1 fully saturated rings. The van der Waals surface area contributed by atoms with E-state index in [1.54, 1.807) is 18.2 Å². The summed E-state index contributed by atoms with van der Waals surface area (Å²) in [6.45, 7) is 2.19. The van der Waals surface area contributed by atoms with Gasteiger partial charge in [0.05, 0.1) is 5.25 Å². The average Bonchev–Trinajstić information content (AvgIpc) is 2.66. The quantitative estimate of drug-likeness (QED) is 0.168. The summed E-state index contributed by atoms with van der Waals surface area (Å²) in [6, 6.07) is 8.09. The van der Waals surface area contributed by atoms with Crippen molar-refractivity contribution in [2.24, 2.45) is 5.92 Å². The molecule has 0 bridgehead atoms. The maximum Gasteiger partial charge on any atom is 0.452 e. The van der Waals surface area contributed by atoms with Crippen LogP contribution in [0.3, 0.4) is 0 Å². The monoisotopic (exact) mass is 376 g/mol. The summed E-state index contributed by atoms with van der Waals surface area (Å²) in [6.07, 6.45) is 8.82. The van der Waals surface area contributed by atoms with Gasteiger partial charge in [-0.15, -0.1) is 4.79 Å². The molecule has 0 N–H and O–H groups in total. The van der Waals surface area contributed by atoms with Crippen molar-refractivity contribution in [2.45, 2.75) is 70.0 Å². The molecule has 5 nitrogen and oxygen atoms in total. The first-order valence-electron chi connectivity index (χ1n) is 9.56. The number of ketones is 1. The van der Waals surface area contributed by atoms with Gasteiger partial charge in [-0.1, -0.05) is 69.4 Å². The van der Waals surface area contributed by atoms with E-state index < -0.39 is 25.9 Å². The second-order valence-corrected chi connectivity index (χ2v) is 9.28. The van der Waals surface area contributed by atoms with Crippen molar-refractivity contribution >= 4 is 20.7 Å². The van der Waals surface area contributed by atoms with Gasteiger partial charge in [0.1, 0.15) is 0 Å². The highest BCUT2D eigenvalue weighted by Crippen LogP contribution is 2.32. The van der Waals surface area contributed by atoms with Crippen LogP contribution in [0.4, 0.5) is 0 Å². The van der Waals surface area contributed by atoms with Gasteiger partial charge in [-0.25, -0.2) is 8.42 Å². The average molecular weight is 377 g/mol. The lowest BCUT2D eigenvalue weighted by Crippen LogP contribution is -2.36. The zero-order valence-electron chi connectivity index (χ0n) is 15.4. The number of hydrogen-bond acceptors (Lipinski definition) is 3. The summed E-state index contributed by atoms with van der Waals surface area (Å²) in [5, 5.41) is -1.36. The van der Waals surface area contributed by atoms with E-state index in [4.69, 9.17) is 0 Å². The molecule has 0 aliphatic heterocycles. The lowest BCUT2D eigenvalue weighted by molar-refractivity contribution is -0.00170. The lowest BCUT2D eigenvalue weighted by atomic mass is 9.85. The molecule has 0 radical (unpaired) electrons. The largest absolute Gasteiger partial charge is 0.452 e. The van der Waals surface area contributed by atoms with E-state index >= 15 is 0 Å². The van der Waals surface area contributed by atoms with Crippen molar-refractivity contribution in [1.29, 1.82) is 0 Å². The Hall–Kier alpha value is -1.78.